The minimum atomic E-state index is -0.773. The van der Waals surface area contributed by atoms with Crippen LogP contribution in [0.1, 0.15) is 17.3 Å². The molecule has 3 rings (SSSR count). The minimum absolute atomic E-state index is 0.138. The van der Waals surface area contributed by atoms with Gasteiger partial charge in [-0.15, -0.1) is 0 Å². The Morgan fingerprint density at radius 3 is 2.87 bits per heavy atom. The SMILES string of the molecule is CCOC(=O)c1cn(-c2ccc3c(cnn3C)c2)c(=O)[nH]c1=O. The fourth-order valence-corrected chi connectivity index (χ4v) is 2.32. The number of H-pyrrole nitrogens is 1. The summed E-state index contributed by atoms with van der Waals surface area (Å²) in [5.41, 5.74) is -0.217. The van der Waals surface area contributed by atoms with E-state index in [9.17, 15) is 14.4 Å². The Morgan fingerprint density at radius 1 is 1.35 bits per heavy atom. The number of ether oxygens (including phenoxy) is 1. The van der Waals surface area contributed by atoms with Gasteiger partial charge in [0.15, 0.2) is 0 Å². The van der Waals surface area contributed by atoms with Crippen LogP contribution in [0.3, 0.4) is 0 Å². The first-order valence-corrected chi connectivity index (χ1v) is 6.96. The van der Waals surface area contributed by atoms with Gasteiger partial charge in [0.05, 0.1) is 24.0 Å². The number of hydrogen-bond donors (Lipinski definition) is 1. The van der Waals surface area contributed by atoms with E-state index in [-0.39, 0.29) is 12.2 Å². The Balaban J connectivity index is 2.17. The zero-order chi connectivity index (χ0) is 16.6. The summed E-state index contributed by atoms with van der Waals surface area (Å²) in [6.07, 6.45) is 2.86. The zero-order valence-corrected chi connectivity index (χ0v) is 12.6. The van der Waals surface area contributed by atoms with E-state index in [4.69, 9.17) is 4.74 Å². The number of aryl methyl sites for hydroxylation is 1. The molecule has 3 aromatic rings. The maximum absolute atomic E-state index is 12.0. The Labute approximate surface area is 129 Å². The molecule has 0 bridgehead atoms. The smallest absolute Gasteiger partial charge is 0.345 e. The van der Waals surface area contributed by atoms with E-state index in [1.165, 1.54) is 10.8 Å². The Kier molecular flexibility index (Phi) is 3.57. The number of hydrogen-bond acceptors (Lipinski definition) is 5. The van der Waals surface area contributed by atoms with Crippen LogP contribution in [0.2, 0.25) is 0 Å². The minimum Gasteiger partial charge on any atom is -0.462 e. The molecule has 23 heavy (non-hydrogen) atoms. The molecule has 0 aliphatic heterocycles. The highest BCUT2D eigenvalue weighted by Gasteiger charge is 2.15. The average molecular weight is 314 g/mol. The number of carbonyl (C=O) groups is 1. The number of benzene rings is 1. The number of carbonyl (C=O) groups excluding carboxylic acids is 1. The van der Waals surface area contributed by atoms with Gasteiger partial charge in [0, 0.05) is 18.6 Å². The lowest BCUT2D eigenvalue weighted by Crippen LogP contribution is -2.33. The molecule has 0 amide bonds. The van der Waals surface area contributed by atoms with Crippen molar-refractivity contribution in [2.45, 2.75) is 6.92 Å². The van der Waals surface area contributed by atoms with E-state index in [2.05, 4.69) is 10.1 Å². The van der Waals surface area contributed by atoms with Gasteiger partial charge in [-0.3, -0.25) is 19.0 Å². The first kappa shape index (κ1) is 14.8. The summed E-state index contributed by atoms with van der Waals surface area (Å²) >= 11 is 0. The van der Waals surface area contributed by atoms with Crippen molar-refractivity contribution in [3.63, 3.8) is 0 Å². The number of nitrogens with one attached hydrogen (secondary N) is 1. The van der Waals surface area contributed by atoms with Gasteiger partial charge in [0.1, 0.15) is 5.56 Å². The molecule has 0 aliphatic rings. The first-order chi connectivity index (χ1) is 11.0. The summed E-state index contributed by atoms with van der Waals surface area (Å²) in [4.78, 5) is 37.8. The van der Waals surface area contributed by atoms with Crippen LogP contribution in [0.5, 0.6) is 0 Å². The van der Waals surface area contributed by atoms with Crippen LogP contribution in [0.25, 0.3) is 16.6 Å². The standard InChI is InChI=1S/C15H14N4O4/c1-3-23-14(21)11-8-19(15(22)17-13(11)20)10-4-5-12-9(6-10)7-16-18(12)2/h4-8H,3H2,1-2H3,(H,17,20,22). The molecule has 0 radical (unpaired) electrons. The predicted molar refractivity (Wildman–Crippen MR) is 82.9 cm³/mol. The van der Waals surface area contributed by atoms with E-state index in [0.717, 1.165) is 10.9 Å². The summed E-state index contributed by atoms with van der Waals surface area (Å²) in [5, 5.41) is 4.97. The van der Waals surface area contributed by atoms with Gasteiger partial charge in [0.2, 0.25) is 0 Å². The van der Waals surface area contributed by atoms with E-state index in [1.54, 1.807) is 36.0 Å². The topological polar surface area (TPSA) is 99.0 Å². The summed E-state index contributed by atoms with van der Waals surface area (Å²) in [7, 11) is 1.81. The van der Waals surface area contributed by atoms with Crippen molar-refractivity contribution >= 4 is 16.9 Å². The highest BCUT2D eigenvalue weighted by Crippen LogP contribution is 2.16. The molecule has 2 aromatic heterocycles. The molecule has 2 heterocycles. The lowest BCUT2D eigenvalue weighted by atomic mass is 10.2. The number of esters is 1. The molecule has 0 saturated heterocycles. The van der Waals surface area contributed by atoms with Crippen LogP contribution < -0.4 is 11.2 Å². The van der Waals surface area contributed by atoms with Crippen molar-refractivity contribution in [2.24, 2.45) is 7.05 Å². The molecule has 0 spiro atoms. The molecular formula is C15H14N4O4. The molecule has 0 fully saturated rings. The average Bonchev–Trinajstić information content (AvgIpc) is 2.88. The molecular weight excluding hydrogens is 300 g/mol. The van der Waals surface area contributed by atoms with E-state index in [0.29, 0.717) is 5.69 Å². The fraction of sp³-hybridized carbons (Fsp3) is 0.200. The van der Waals surface area contributed by atoms with Gasteiger partial charge in [-0.05, 0) is 25.1 Å². The fourth-order valence-electron chi connectivity index (χ4n) is 2.32. The Morgan fingerprint density at radius 2 is 2.13 bits per heavy atom. The molecule has 8 nitrogen and oxygen atoms in total. The number of fused-ring (bicyclic) bond motifs is 1. The molecule has 0 unspecified atom stereocenters. The number of aromatic amines is 1. The van der Waals surface area contributed by atoms with E-state index in [1.807, 2.05) is 7.05 Å². The summed E-state index contributed by atoms with van der Waals surface area (Å²) in [6, 6.07) is 5.26. The Hall–Kier alpha value is -3.16. The van der Waals surface area contributed by atoms with Gasteiger partial charge in [-0.2, -0.15) is 5.10 Å². The third kappa shape index (κ3) is 2.54. The van der Waals surface area contributed by atoms with Crippen LogP contribution in [0, 0.1) is 0 Å². The van der Waals surface area contributed by atoms with Crippen LogP contribution in [0.4, 0.5) is 0 Å². The van der Waals surface area contributed by atoms with Crippen molar-refractivity contribution in [2.75, 3.05) is 6.61 Å². The molecule has 0 aliphatic carbocycles. The monoisotopic (exact) mass is 314 g/mol. The quantitative estimate of drug-likeness (QED) is 0.713. The molecule has 0 saturated carbocycles. The number of aromatic nitrogens is 4. The molecule has 1 N–H and O–H groups in total. The second-order valence-corrected chi connectivity index (χ2v) is 4.90. The van der Waals surface area contributed by atoms with E-state index >= 15 is 0 Å². The van der Waals surface area contributed by atoms with E-state index < -0.39 is 17.2 Å². The molecule has 8 heteroatoms. The van der Waals surface area contributed by atoms with Crippen LogP contribution in [0.15, 0.2) is 40.2 Å². The van der Waals surface area contributed by atoms with Crippen LogP contribution in [-0.4, -0.2) is 31.9 Å². The summed E-state index contributed by atoms with van der Waals surface area (Å²) < 4.78 is 7.73. The number of nitrogens with zero attached hydrogens (tertiary/aromatic N) is 3. The largest absolute Gasteiger partial charge is 0.462 e. The first-order valence-electron chi connectivity index (χ1n) is 6.96. The maximum Gasteiger partial charge on any atom is 0.345 e. The second-order valence-electron chi connectivity index (χ2n) is 4.90. The van der Waals surface area contributed by atoms with Gasteiger partial charge in [-0.1, -0.05) is 0 Å². The summed E-state index contributed by atoms with van der Waals surface area (Å²) in [6.45, 7) is 1.78. The normalized spacial score (nSPS) is 10.9. The van der Waals surface area contributed by atoms with Crippen LogP contribution >= 0.6 is 0 Å². The highest BCUT2D eigenvalue weighted by molar-refractivity contribution is 5.88. The van der Waals surface area contributed by atoms with Gasteiger partial charge in [0.25, 0.3) is 5.56 Å². The van der Waals surface area contributed by atoms with Gasteiger partial charge < -0.3 is 4.74 Å². The lowest BCUT2D eigenvalue weighted by Gasteiger charge is -2.07. The Bertz CT molecular complexity index is 1010. The highest BCUT2D eigenvalue weighted by atomic mass is 16.5. The van der Waals surface area contributed by atoms with Crippen molar-refractivity contribution < 1.29 is 9.53 Å². The summed E-state index contributed by atoms with van der Waals surface area (Å²) in [5.74, 6) is -0.773. The third-order valence-electron chi connectivity index (χ3n) is 3.45. The van der Waals surface area contributed by atoms with Crippen LogP contribution in [-0.2, 0) is 11.8 Å². The van der Waals surface area contributed by atoms with Gasteiger partial charge >= 0.3 is 11.7 Å². The van der Waals surface area contributed by atoms with Crippen molar-refractivity contribution in [3.05, 3.63) is 57.0 Å². The second kappa shape index (κ2) is 5.56. The maximum atomic E-state index is 12.0. The zero-order valence-electron chi connectivity index (χ0n) is 12.6. The lowest BCUT2D eigenvalue weighted by molar-refractivity contribution is 0.0523. The third-order valence-corrected chi connectivity index (χ3v) is 3.45. The van der Waals surface area contributed by atoms with Crippen molar-refractivity contribution in [3.8, 4) is 5.69 Å². The molecule has 1 aromatic carbocycles. The van der Waals surface area contributed by atoms with Crippen molar-refractivity contribution in [1.29, 1.82) is 0 Å². The molecule has 118 valence electrons. The molecule has 0 atom stereocenters. The van der Waals surface area contributed by atoms with Gasteiger partial charge in [-0.25, -0.2) is 9.59 Å². The predicted octanol–water partition coefficient (Wildman–Crippen LogP) is 0.589. The number of rotatable bonds is 3. The van der Waals surface area contributed by atoms with Crippen molar-refractivity contribution in [1.82, 2.24) is 19.3 Å².